The first kappa shape index (κ1) is 10.2. The lowest BCUT2D eigenvalue weighted by Gasteiger charge is -1.93. The molecule has 1 aliphatic rings. The van der Waals surface area contributed by atoms with Gasteiger partial charge in [0.25, 0.3) is 5.91 Å². The number of hydrogen-bond acceptors (Lipinski definition) is 1. The monoisotopic (exact) mass is 183 g/mol. The molecule has 0 aromatic rings. The van der Waals surface area contributed by atoms with Crippen molar-refractivity contribution in [2.75, 3.05) is 6.54 Å². The number of nitrogens with one attached hydrogen (secondary N) is 1. The zero-order valence-electron chi connectivity index (χ0n) is 8.38. The third-order valence-corrected chi connectivity index (χ3v) is 2.26. The first-order valence-electron chi connectivity index (χ1n) is 5.22. The smallest absolute Gasteiger partial charge is 0.269 e. The molecule has 0 spiro atoms. The Labute approximate surface area is 79.8 Å². The Kier molecular flexibility index (Phi) is 4.50. The molecule has 0 aromatic carbocycles. The van der Waals surface area contributed by atoms with Crippen molar-refractivity contribution in [1.82, 2.24) is 5.43 Å². The van der Waals surface area contributed by atoms with Gasteiger partial charge in [0.1, 0.15) is 0 Å². The molecule has 3 nitrogen and oxygen atoms in total. The summed E-state index contributed by atoms with van der Waals surface area (Å²) >= 11 is 0. The minimum absolute atomic E-state index is 0.143. The second-order valence-corrected chi connectivity index (χ2v) is 3.51. The van der Waals surface area contributed by atoms with E-state index >= 15 is 0 Å². The number of unbranched alkanes of at least 4 members (excludes halogenated alkanes) is 4. The second kappa shape index (κ2) is 5.73. The standard InChI is InChI=1S/C10H18N2O/c1-2-3-4-5-6-8-12-9-7-10(13)11-12/h8H,2-7,9H2,1H3/p+1/b12-8-. The summed E-state index contributed by atoms with van der Waals surface area (Å²) in [7, 11) is 0. The van der Waals surface area contributed by atoms with Gasteiger partial charge in [-0.15, -0.1) is 10.1 Å². The van der Waals surface area contributed by atoms with Gasteiger partial charge in [-0.25, -0.2) is 0 Å². The molecule has 1 heterocycles. The van der Waals surface area contributed by atoms with Gasteiger partial charge >= 0.3 is 0 Å². The van der Waals surface area contributed by atoms with Crippen molar-refractivity contribution in [2.24, 2.45) is 0 Å². The molecular weight excluding hydrogens is 164 g/mol. The number of hydrogen-bond donors (Lipinski definition) is 1. The molecule has 1 amide bonds. The Bertz CT molecular complexity index is 199. The van der Waals surface area contributed by atoms with Crippen molar-refractivity contribution in [1.29, 1.82) is 0 Å². The molecule has 0 aliphatic carbocycles. The molecule has 0 aromatic heterocycles. The van der Waals surface area contributed by atoms with Gasteiger partial charge in [0.2, 0.25) is 0 Å². The van der Waals surface area contributed by atoms with Crippen LogP contribution in [-0.2, 0) is 4.79 Å². The molecule has 1 rings (SSSR count). The minimum atomic E-state index is 0.143. The largest absolute Gasteiger partial charge is 0.280 e. The van der Waals surface area contributed by atoms with E-state index in [-0.39, 0.29) is 5.91 Å². The Hall–Kier alpha value is -0.860. The Morgan fingerprint density at radius 3 is 2.92 bits per heavy atom. The van der Waals surface area contributed by atoms with Crippen LogP contribution in [0.25, 0.3) is 0 Å². The first-order valence-corrected chi connectivity index (χ1v) is 5.22. The van der Waals surface area contributed by atoms with Crippen molar-refractivity contribution in [3.05, 3.63) is 0 Å². The number of nitrogens with zero attached hydrogens (tertiary/aromatic N) is 1. The summed E-state index contributed by atoms with van der Waals surface area (Å²) < 4.78 is 1.91. The maximum Gasteiger partial charge on any atom is 0.280 e. The predicted octanol–water partition coefficient (Wildman–Crippen LogP) is 1.48. The van der Waals surface area contributed by atoms with E-state index in [4.69, 9.17) is 0 Å². The van der Waals surface area contributed by atoms with Crippen molar-refractivity contribution < 1.29 is 9.48 Å². The van der Waals surface area contributed by atoms with E-state index in [2.05, 4.69) is 18.6 Å². The maximum atomic E-state index is 10.8. The molecule has 1 fully saturated rings. The van der Waals surface area contributed by atoms with E-state index in [0.29, 0.717) is 6.42 Å². The van der Waals surface area contributed by atoms with E-state index in [1.807, 2.05) is 4.68 Å². The van der Waals surface area contributed by atoms with Gasteiger partial charge in [0, 0.05) is 6.42 Å². The molecule has 0 bridgehead atoms. The lowest BCUT2D eigenvalue weighted by Crippen LogP contribution is -2.24. The summed E-state index contributed by atoms with van der Waals surface area (Å²) in [5.74, 6) is 0.143. The highest BCUT2D eigenvalue weighted by Gasteiger charge is 2.19. The number of rotatable bonds is 5. The van der Waals surface area contributed by atoms with Gasteiger partial charge in [-0.05, 0) is 6.42 Å². The van der Waals surface area contributed by atoms with Gasteiger partial charge < -0.3 is 0 Å². The first-order chi connectivity index (χ1) is 6.33. The lowest BCUT2D eigenvalue weighted by atomic mass is 10.2. The fourth-order valence-electron chi connectivity index (χ4n) is 1.45. The second-order valence-electron chi connectivity index (χ2n) is 3.51. The van der Waals surface area contributed by atoms with E-state index < -0.39 is 0 Å². The van der Waals surface area contributed by atoms with Gasteiger partial charge in [-0.2, -0.15) is 0 Å². The van der Waals surface area contributed by atoms with E-state index in [9.17, 15) is 4.79 Å². The summed E-state index contributed by atoms with van der Waals surface area (Å²) in [5, 5.41) is 0. The van der Waals surface area contributed by atoms with Crippen molar-refractivity contribution in [3.63, 3.8) is 0 Å². The summed E-state index contributed by atoms with van der Waals surface area (Å²) in [4.78, 5) is 10.8. The molecule has 0 saturated carbocycles. The molecule has 1 saturated heterocycles. The summed E-state index contributed by atoms with van der Waals surface area (Å²) in [6.07, 6.45) is 8.96. The maximum absolute atomic E-state index is 10.8. The van der Waals surface area contributed by atoms with Crippen molar-refractivity contribution >= 4 is 12.1 Å². The van der Waals surface area contributed by atoms with Crippen molar-refractivity contribution in [3.8, 4) is 0 Å². The third kappa shape index (κ3) is 4.06. The van der Waals surface area contributed by atoms with Crippen LogP contribution in [0.1, 0.15) is 45.4 Å². The topological polar surface area (TPSA) is 32.1 Å². The molecule has 0 unspecified atom stereocenters. The average Bonchev–Trinajstić information content (AvgIpc) is 2.51. The number of hydrazone groups is 1. The van der Waals surface area contributed by atoms with Crippen LogP contribution in [0.2, 0.25) is 0 Å². The molecule has 74 valence electrons. The fourth-order valence-corrected chi connectivity index (χ4v) is 1.45. The summed E-state index contributed by atoms with van der Waals surface area (Å²) in [6, 6.07) is 0. The van der Waals surface area contributed by atoms with Gasteiger partial charge in [0.15, 0.2) is 12.8 Å². The van der Waals surface area contributed by atoms with Gasteiger partial charge in [0.05, 0.1) is 6.42 Å². The molecule has 0 radical (unpaired) electrons. The van der Waals surface area contributed by atoms with Crippen LogP contribution in [0.5, 0.6) is 0 Å². The van der Waals surface area contributed by atoms with Gasteiger partial charge in [-0.3, -0.25) is 4.79 Å². The normalized spacial score (nSPS) is 19.5. The molecule has 1 aliphatic heterocycles. The molecule has 1 N–H and O–H groups in total. The van der Waals surface area contributed by atoms with Gasteiger partial charge in [-0.1, -0.05) is 26.2 Å². The van der Waals surface area contributed by atoms with Crippen LogP contribution < -0.4 is 5.43 Å². The van der Waals surface area contributed by atoms with Crippen LogP contribution in [0, 0.1) is 0 Å². The van der Waals surface area contributed by atoms with E-state index in [1.165, 1.54) is 25.7 Å². The number of carbonyl (C=O) groups is 1. The Morgan fingerprint density at radius 2 is 2.31 bits per heavy atom. The quantitative estimate of drug-likeness (QED) is 0.508. The fraction of sp³-hybridized carbons (Fsp3) is 0.800. The molecule has 0 atom stereocenters. The average molecular weight is 183 g/mol. The molecular formula is C10H19N2O+. The number of amides is 1. The highest BCUT2D eigenvalue weighted by molar-refractivity contribution is 5.76. The summed E-state index contributed by atoms with van der Waals surface area (Å²) in [5.41, 5.74) is 2.78. The highest BCUT2D eigenvalue weighted by atomic mass is 16.2. The van der Waals surface area contributed by atoms with E-state index in [0.717, 1.165) is 13.0 Å². The lowest BCUT2D eigenvalue weighted by molar-refractivity contribution is -0.554. The number of hydrazine groups is 1. The Balaban J connectivity index is 2.07. The zero-order valence-corrected chi connectivity index (χ0v) is 8.38. The molecule has 13 heavy (non-hydrogen) atoms. The van der Waals surface area contributed by atoms with Crippen LogP contribution in [0.4, 0.5) is 0 Å². The Morgan fingerprint density at radius 1 is 1.46 bits per heavy atom. The third-order valence-electron chi connectivity index (χ3n) is 2.26. The van der Waals surface area contributed by atoms with E-state index in [1.54, 1.807) is 0 Å². The molecule has 3 heteroatoms. The minimum Gasteiger partial charge on any atom is -0.269 e. The summed E-state index contributed by atoms with van der Waals surface area (Å²) in [6.45, 7) is 3.05. The van der Waals surface area contributed by atoms with Crippen molar-refractivity contribution in [2.45, 2.75) is 45.4 Å². The highest BCUT2D eigenvalue weighted by Crippen LogP contribution is 2.01. The van der Waals surface area contributed by atoms with Crippen LogP contribution in [-0.4, -0.2) is 23.4 Å². The predicted molar refractivity (Wildman–Crippen MR) is 52.7 cm³/mol. The van der Waals surface area contributed by atoms with Crippen LogP contribution in [0.15, 0.2) is 0 Å². The van der Waals surface area contributed by atoms with Crippen LogP contribution >= 0.6 is 0 Å². The SMILES string of the molecule is CCCCCC/C=[N+]1/CCC(=O)N1. The number of carbonyl (C=O) groups excluding carboxylic acids is 1. The van der Waals surface area contributed by atoms with Crippen LogP contribution in [0.3, 0.4) is 0 Å². The zero-order chi connectivity index (χ0) is 9.52.